The van der Waals surface area contributed by atoms with E-state index in [1.54, 1.807) is 0 Å². The molecule has 0 aromatic rings. The van der Waals surface area contributed by atoms with Crippen molar-refractivity contribution in [3.05, 3.63) is 0 Å². The third-order valence-corrected chi connectivity index (χ3v) is 4.55. The molecule has 0 spiro atoms. The number of rotatable bonds is 6. The van der Waals surface area contributed by atoms with E-state index in [4.69, 9.17) is 0 Å². The van der Waals surface area contributed by atoms with Crippen molar-refractivity contribution >= 4 is 5.91 Å². The Morgan fingerprint density at radius 3 is 2.35 bits per heavy atom. The van der Waals surface area contributed by atoms with Crippen molar-refractivity contribution in [2.75, 3.05) is 20.1 Å². The van der Waals surface area contributed by atoms with Gasteiger partial charge >= 0.3 is 0 Å². The lowest BCUT2D eigenvalue weighted by Gasteiger charge is -2.24. The normalized spacial score (nSPS) is 23.1. The quantitative estimate of drug-likeness (QED) is 0.782. The van der Waals surface area contributed by atoms with Gasteiger partial charge in [-0.05, 0) is 38.6 Å². The molecule has 0 unspecified atom stereocenters. The molecule has 0 aromatic heterocycles. The molecule has 116 valence electrons. The Kier molecular flexibility index (Phi) is 6.30. The van der Waals surface area contributed by atoms with Crippen LogP contribution in [-0.2, 0) is 4.79 Å². The van der Waals surface area contributed by atoms with E-state index in [0.29, 0.717) is 25.0 Å². The van der Waals surface area contributed by atoms with Gasteiger partial charge in [0.05, 0.1) is 12.6 Å². The Morgan fingerprint density at radius 2 is 1.75 bits per heavy atom. The van der Waals surface area contributed by atoms with Crippen LogP contribution in [-0.4, -0.2) is 48.2 Å². The van der Waals surface area contributed by atoms with Crippen molar-refractivity contribution in [3.8, 4) is 0 Å². The van der Waals surface area contributed by atoms with Crippen LogP contribution >= 0.6 is 0 Å². The molecule has 2 saturated carbocycles. The van der Waals surface area contributed by atoms with Crippen LogP contribution in [0.4, 0.5) is 0 Å². The van der Waals surface area contributed by atoms with E-state index in [1.807, 2.05) is 11.9 Å². The summed E-state index contributed by atoms with van der Waals surface area (Å²) < 4.78 is 0. The van der Waals surface area contributed by atoms with Gasteiger partial charge in [-0.25, -0.2) is 0 Å². The second-order valence-corrected chi connectivity index (χ2v) is 6.71. The number of hydrogen-bond acceptors (Lipinski definition) is 3. The van der Waals surface area contributed by atoms with Crippen LogP contribution < -0.4 is 5.32 Å². The van der Waals surface area contributed by atoms with Crippen LogP contribution in [0.1, 0.15) is 57.8 Å². The number of carbonyl (C=O) groups excluding carboxylic acids is 1. The van der Waals surface area contributed by atoms with Crippen molar-refractivity contribution in [3.63, 3.8) is 0 Å². The third-order valence-electron chi connectivity index (χ3n) is 4.55. The van der Waals surface area contributed by atoms with Gasteiger partial charge < -0.3 is 10.4 Å². The van der Waals surface area contributed by atoms with E-state index in [-0.39, 0.29) is 12.0 Å². The molecule has 4 heteroatoms. The molecule has 1 atom stereocenters. The number of nitrogens with one attached hydrogen (secondary N) is 1. The molecule has 2 fully saturated rings. The Labute approximate surface area is 122 Å². The molecule has 4 nitrogen and oxygen atoms in total. The fourth-order valence-electron chi connectivity index (χ4n) is 3.13. The van der Waals surface area contributed by atoms with Gasteiger partial charge in [0.1, 0.15) is 0 Å². The van der Waals surface area contributed by atoms with Crippen LogP contribution in [0.5, 0.6) is 0 Å². The van der Waals surface area contributed by atoms with E-state index in [0.717, 1.165) is 25.7 Å². The minimum absolute atomic E-state index is 0.112. The van der Waals surface area contributed by atoms with Gasteiger partial charge in [0.25, 0.3) is 0 Å². The molecule has 2 aliphatic carbocycles. The summed E-state index contributed by atoms with van der Waals surface area (Å²) in [4.78, 5) is 14.0. The van der Waals surface area contributed by atoms with E-state index in [9.17, 15) is 9.90 Å². The number of likely N-dealkylation sites (N-methyl/N-ethyl adjacent to an activating group) is 1. The summed E-state index contributed by atoms with van der Waals surface area (Å²) in [6.45, 7) is 1.02. The summed E-state index contributed by atoms with van der Waals surface area (Å²) in [5.41, 5.74) is 0. The Bertz CT molecular complexity index is 297. The summed E-state index contributed by atoms with van der Waals surface area (Å²) in [6.07, 6.45) is 10.7. The highest BCUT2D eigenvalue weighted by Crippen LogP contribution is 2.32. The average Bonchev–Trinajstić information content (AvgIpc) is 3.16. The van der Waals surface area contributed by atoms with Crippen LogP contribution in [0, 0.1) is 5.92 Å². The first-order valence-corrected chi connectivity index (χ1v) is 8.31. The fraction of sp³-hybridized carbons (Fsp3) is 0.938. The molecule has 0 aliphatic heterocycles. The number of carbonyl (C=O) groups is 1. The van der Waals surface area contributed by atoms with Crippen molar-refractivity contribution in [1.82, 2.24) is 10.2 Å². The van der Waals surface area contributed by atoms with E-state index in [2.05, 4.69) is 5.32 Å². The maximum atomic E-state index is 12.1. The smallest absolute Gasteiger partial charge is 0.234 e. The zero-order valence-electron chi connectivity index (χ0n) is 12.8. The topological polar surface area (TPSA) is 52.6 Å². The largest absolute Gasteiger partial charge is 0.392 e. The van der Waals surface area contributed by atoms with Crippen LogP contribution in [0.3, 0.4) is 0 Å². The second kappa shape index (κ2) is 7.99. The molecular weight excluding hydrogens is 252 g/mol. The third kappa shape index (κ3) is 5.80. The molecule has 2 aliphatic rings. The van der Waals surface area contributed by atoms with E-state index >= 15 is 0 Å². The highest BCUT2D eigenvalue weighted by atomic mass is 16.3. The van der Waals surface area contributed by atoms with E-state index < -0.39 is 0 Å². The van der Waals surface area contributed by atoms with Crippen molar-refractivity contribution < 1.29 is 9.90 Å². The average molecular weight is 282 g/mol. The molecular formula is C16H30N2O2. The predicted molar refractivity (Wildman–Crippen MR) is 80.5 cm³/mol. The van der Waals surface area contributed by atoms with Crippen molar-refractivity contribution in [2.24, 2.45) is 5.92 Å². The highest BCUT2D eigenvalue weighted by Gasteiger charge is 2.30. The summed E-state index contributed by atoms with van der Waals surface area (Å²) in [5.74, 6) is 0.590. The summed E-state index contributed by atoms with van der Waals surface area (Å²) in [7, 11) is 1.92. The Morgan fingerprint density at radius 1 is 1.15 bits per heavy atom. The van der Waals surface area contributed by atoms with Crippen molar-refractivity contribution in [1.29, 1.82) is 0 Å². The molecule has 2 rings (SSSR count). The maximum Gasteiger partial charge on any atom is 0.234 e. The monoisotopic (exact) mass is 282 g/mol. The van der Waals surface area contributed by atoms with E-state index in [1.165, 1.54) is 32.1 Å². The first kappa shape index (κ1) is 15.8. The standard InChI is InChI=1S/C16H30N2O2/c1-18(11-15(19)13-9-10-13)12-16(20)17-14-7-5-3-2-4-6-8-14/h13-15,19H,2-12H2,1H3,(H,17,20)/t15-/m1/s1. The summed E-state index contributed by atoms with van der Waals surface area (Å²) in [6, 6.07) is 0.365. The molecule has 0 radical (unpaired) electrons. The number of amides is 1. The molecule has 0 aromatic carbocycles. The number of nitrogens with zero attached hydrogens (tertiary/aromatic N) is 1. The summed E-state index contributed by atoms with van der Waals surface area (Å²) >= 11 is 0. The van der Waals surface area contributed by atoms with Gasteiger partial charge in [0.15, 0.2) is 0 Å². The molecule has 2 N–H and O–H groups in total. The molecule has 1 amide bonds. The predicted octanol–water partition coefficient (Wildman–Crippen LogP) is 1.92. The van der Waals surface area contributed by atoms with Gasteiger partial charge in [0.2, 0.25) is 5.91 Å². The minimum atomic E-state index is -0.255. The highest BCUT2D eigenvalue weighted by molar-refractivity contribution is 5.78. The van der Waals surface area contributed by atoms with Gasteiger partial charge in [-0.2, -0.15) is 0 Å². The van der Waals surface area contributed by atoms with Crippen LogP contribution in [0.15, 0.2) is 0 Å². The minimum Gasteiger partial charge on any atom is -0.392 e. The Balaban J connectivity index is 1.64. The molecule has 20 heavy (non-hydrogen) atoms. The lowest BCUT2D eigenvalue weighted by Crippen LogP contribution is -2.43. The SMILES string of the molecule is CN(CC(=O)NC1CCCCCCC1)C[C@@H](O)C1CC1. The summed E-state index contributed by atoms with van der Waals surface area (Å²) in [5, 5.41) is 13.1. The molecule has 0 saturated heterocycles. The van der Waals surface area contributed by atoms with Crippen molar-refractivity contribution in [2.45, 2.75) is 69.9 Å². The fourth-order valence-corrected chi connectivity index (χ4v) is 3.13. The van der Waals surface area contributed by atoms with Gasteiger partial charge in [-0.15, -0.1) is 0 Å². The van der Waals surface area contributed by atoms with Crippen LogP contribution in [0.25, 0.3) is 0 Å². The molecule has 0 heterocycles. The van der Waals surface area contributed by atoms with Gasteiger partial charge in [0, 0.05) is 12.6 Å². The second-order valence-electron chi connectivity index (χ2n) is 6.71. The number of aliphatic hydroxyl groups excluding tert-OH is 1. The van der Waals surface area contributed by atoms with Gasteiger partial charge in [-0.1, -0.05) is 32.1 Å². The zero-order valence-corrected chi connectivity index (χ0v) is 12.8. The Hall–Kier alpha value is -0.610. The zero-order chi connectivity index (χ0) is 14.4. The number of aliphatic hydroxyl groups is 1. The first-order chi connectivity index (χ1) is 9.65. The first-order valence-electron chi connectivity index (χ1n) is 8.31. The molecule has 0 bridgehead atoms. The maximum absolute atomic E-state index is 12.1. The van der Waals surface area contributed by atoms with Gasteiger partial charge in [-0.3, -0.25) is 9.69 Å². The number of hydrogen-bond donors (Lipinski definition) is 2. The van der Waals surface area contributed by atoms with Crippen LogP contribution in [0.2, 0.25) is 0 Å². The lowest BCUT2D eigenvalue weighted by atomic mass is 9.97. The lowest BCUT2D eigenvalue weighted by molar-refractivity contribution is -0.123.